The Hall–Kier alpha value is -7.90. The van der Waals surface area contributed by atoms with Gasteiger partial charge in [-0.3, -0.25) is 67.1 Å². The number of oxazole rings is 2. The minimum atomic E-state index is -1.48. The Balaban J connectivity index is 1.25. The van der Waals surface area contributed by atoms with Gasteiger partial charge in [0.2, 0.25) is 71.6 Å². The summed E-state index contributed by atoms with van der Waals surface area (Å²) >= 11 is 0. The topological polar surface area (TPSA) is 418 Å². The van der Waals surface area contributed by atoms with Crippen LogP contribution in [0.5, 0.6) is 0 Å². The third kappa shape index (κ3) is 16.0. The summed E-state index contributed by atoms with van der Waals surface area (Å²) in [6, 6.07) is -12.8. The van der Waals surface area contributed by atoms with Gasteiger partial charge in [0.1, 0.15) is 60.9 Å². The van der Waals surface area contributed by atoms with Crippen LogP contribution in [0.25, 0.3) is 0 Å². The maximum absolute atomic E-state index is 14.1. The number of amides is 12. The van der Waals surface area contributed by atoms with E-state index in [-0.39, 0.29) is 98.1 Å². The van der Waals surface area contributed by atoms with Gasteiger partial charge in [-0.15, -0.1) is 0 Å². The van der Waals surface area contributed by atoms with Gasteiger partial charge in [-0.25, -0.2) is 9.97 Å². The lowest BCUT2D eigenvalue weighted by molar-refractivity contribution is -0.143. The van der Waals surface area contributed by atoms with Gasteiger partial charge in [-0.1, -0.05) is 62.1 Å². The van der Waals surface area contributed by atoms with Gasteiger partial charge in [0.15, 0.2) is 11.4 Å². The van der Waals surface area contributed by atoms with Crippen molar-refractivity contribution in [3.05, 3.63) is 35.7 Å². The Morgan fingerprint density at radius 3 is 1.27 bits per heavy atom. The van der Waals surface area contributed by atoms with E-state index in [4.69, 9.17) is 8.83 Å². The molecule has 32 heteroatoms. The van der Waals surface area contributed by atoms with Crippen molar-refractivity contribution in [1.82, 2.24) is 72.9 Å². The molecule has 6 rings (SSSR count). The van der Waals surface area contributed by atoms with E-state index in [1.807, 2.05) is 0 Å². The molecular weight excluding hydrogens is 1120 g/mol. The van der Waals surface area contributed by atoms with Gasteiger partial charge < -0.3 is 71.8 Å². The smallest absolute Gasteiger partial charge is 0.290 e. The van der Waals surface area contributed by atoms with Crippen LogP contribution in [-0.2, 0) is 57.5 Å². The maximum Gasteiger partial charge on any atom is 0.290 e. The number of ketones is 2. The maximum atomic E-state index is 14.1. The first-order chi connectivity index (χ1) is 39.1. The molecule has 82 heavy (non-hydrogen) atoms. The lowest BCUT2D eigenvalue weighted by Crippen LogP contribution is -2.58. The minimum Gasteiger partial charge on any atom is -0.446 e. The van der Waals surface area contributed by atoms with E-state index >= 15 is 0 Å². The fourth-order valence-electron chi connectivity index (χ4n) is 9.60. The number of Topliss-reactive ketones (excluding diaryl/α,β-unsaturated/α-hetero) is 2. The van der Waals surface area contributed by atoms with Crippen molar-refractivity contribution in [2.75, 3.05) is 37.7 Å². The zero-order chi connectivity index (χ0) is 59.9. The summed E-state index contributed by atoms with van der Waals surface area (Å²) < 4.78 is 11.0. The highest BCUT2D eigenvalue weighted by Gasteiger charge is 2.44. The number of hydrogen-bond acceptors (Lipinski definition) is 20. The van der Waals surface area contributed by atoms with E-state index in [9.17, 15) is 67.1 Å². The Bertz CT molecular complexity index is 2590. The number of aromatic nitrogens is 2. The second kappa shape index (κ2) is 29.2. The molecule has 0 aliphatic carbocycles. The monoisotopic (exact) mass is 1180 g/mol. The van der Waals surface area contributed by atoms with Crippen molar-refractivity contribution < 1.29 is 76.0 Å². The SMILES string of the molecule is CCC[C@@H]1NC(=O)[C@@H]2C[C@H](C)CN2C(=O)[C@@H](NC=O)CNC(=O)[C@@H](CSSC[C@H]2NC(=O)c3coc(n3)[C@H](C)NC(=O)C(=O)[C@H](CCC)NC(=O)[C@@H]3C[C@H](C)CN3C(=O)[C@@H](NC=O)CNC2=O)NC(=O)c2coc(n2)[C@H](C)NC(=O)C1=O. The van der Waals surface area contributed by atoms with Crippen molar-refractivity contribution in [2.24, 2.45) is 11.8 Å². The molecule has 0 unspecified atom stereocenters. The van der Waals surface area contributed by atoms with Crippen LogP contribution >= 0.6 is 21.6 Å². The summed E-state index contributed by atoms with van der Waals surface area (Å²) in [6.07, 6.45) is 3.59. The number of fused-ring (bicyclic) bond motifs is 6. The predicted molar refractivity (Wildman–Crippen MR) is 288 cm³/mol. The normalized spacial score (nSPS) is 28.9. The number of nitrogens with zero attached hydrogens (tertiary/aromatic N) is 4. The van der Waals surface area contributed by atoms with E-state index in [1.54, 1.807) is 27.7 Å². The quantitative estimate of drug-likeness (QED) is 0.0413. The van der Waals surface area contributed by atoms with Crippen LogP contribution in [-0.4, -0.2) is 189 Å². The highest BCUT2D eigenvalue weighted by molar-refractivity contribution is 8.76. The molecule has 4 aliphatic heterocycles. The molecule has 12 atom stereocenters. The molecule has 0 spiro atoms. The molecular formula is C50H68N14O16S2. The van der Waals surface area contributed by atoms with E-state index in [0.717, 1.165) is 34.1 Å². The number of nitrogens with one attached hydrogen (secondary N) is 10. The first-order valence-electron chi connectivity index (χ1n) is 26.7. The molecule has 6 heterocycles. The molecule has 0 radical (unpaired) electrons. The molecule has 446 valence electrons. The molecule has 2 aromatic rings. The molecule has 0 aromatic carbocycles. The second-order valence-electron chi connectivity index (χ2n) is 20.4. The van der Waals surface area contributed by atoms with E-state index < -0.39 is 144 Å². The van der Waals surface area contributed by atoms with Crippen molar-refractivity contribution >= 4 is 105 Å². The fourth-order valence-corrected chi connectivity index (χ4v) is 11.9. The summed E-state index contributed by atoms with van der Waals surface area (Å²) in [4.78, 5) is 200. The second-order valence-corrected chi connectivity index (χ2v) is 23.0. The first kappa shape index (κ1) is 63.3. The van der Waals surface area contributed by atoms with Crippen molar-refractivity contribution in [3.63, 3.8) is 0 Å². The standard InChI is InChI=1S/C50H68N14O16S2/c1-7-9-27-37(67)45(75)55-25(5)47-61-31(17-79-47)41(71)59-33(39(69)51-13-29(53-21-65)49(77)63-15-23(3)11-35(63)43(73)57-27)19-81-82-20-34-40(70)52-14-30(54-22-66)50(78)64-16-24(4)12-36(64)44(74)58-28(10-8-2)38(68)46(76)56-26(6)48-62-32(18-80-48)42(72)60-34/h17-18,21-30,33-36H,7-16,19-20H2,1-6H3,(H,51,69)(H,52,70)(H,53,65)(H,54,66)(H,55,75)(H,56,76)(H,57,73)(H,58,74)(H,59,71)(H,60,72)/t23-,24-,25-,26-,27-,28-,29-,30-,33+,34+,35-,36-/m0/s1. The van der Waals surface area contributed by atoms with Gasteiger partial charge >= 0.3 is 0 Å². The molecule has 2 fully saturated rings. The van der Waals surface area contributed by atoms with E-state index in [2.05, 4.69) is 63.1 Å². The molecule has 2 saturated heterocycles. The van der Waals surface area contributed by atoms with Crippen LogP contribution < -0.4 is 53.2 Å². The van der Waals surface area contributed by atoms with E-state index in [1.165, 1.54) is 23.6 Å². The fraction of sp³-hybridized carbons (Fsp3) is 0.600. The Morgan fingerprint density at radius 2 is 0.915 bits per heavy atom. The number of hydrogen-bond donors (Lipinski definition) is 10. The molecule has 4 bridgehead atoms. The average molecular weight is 1190 g/mol. The summed E-state index contributed by atoms with van der Waals surface area (Å²) in [5.74, 6) is -12.2. The highest BCUT2D eigenvalue weighted by Crippen LogP contribution is 2.27. The lowest BCUT2D eigenvalue weighted by Gasteiger charge is -2.29. The Labute approximate surface area is 477 Å². The number of carbonyl (C=O) groups is 14. The van der Waals surface area contributed by atoms with Gasteiger partial charge in [0.25, 0.3) is 23.6 Å². The number of carbonyl (C=O) groups excluding carboxylic acids is 14. The van der Waals surface area contributed by atoms with E-state index in [0.29, 0.717) is 12.8 Å². The van der Waals surface area contributed by atoms with Crippen molar-refractivity contribution in [1.29, 1.82) is 0 Å². The molecule has 30 nitrogen and oxygen atoms in total. The highest BCUT2D eigenvalue weighted by atomic mass is 33.1. The molecule has 2 aromatic heterocycles. The van der Waals surface area contributed by atoms with Crippen LogP contribution in [0.3, 0.4) is 0 Å². The van der Waals surface area contributed by atoms with Crippen LogP contribution in [0.2, 0.25) is 0 Å². The van der Waals surface area contributed by atoms with Gasteiger partial charge in [-0.2, -0.15) is 0 Å². The largest absolute Gasteiger partial charge is 0.446 e. The lowest BCUT2D eigenvalue weighted by atomic mass is 10.0. The predicted octanol–water partition coefficient (Wildman–Crippen LogP) is -3.03. The first-order valence-corrected chi connectivity index (χ1v) is 29.2. The van der Waals surface area contributed by atoms with Crippen molar-refractivity contribution in [2.45, 2.75) is 140 Å². The average Bonchev–Trinajstić information content (AvgIpc) is 4.49. The van der Waals surface area contributed by atoms with Crippen LogP contribution in [0.1, 0.15) is 125 Å². The van der Waals surface area contributed by atoms with Gasteiger partial charge in [-0.05, 0) is 51.4 Å². The summed E-state index contributed by atoms with van der Waals surface area (Å²) in [7, 11) is 1.84. The summed E-state index contributed by atoms with van der Waals surface area (Å²) in [5.41, 5.74) is -0.728. The third-order valence-electron chi connectivity index (χ3n) is 13.9. The Morgan fingerprint density at radius 1 is 0.537 bits per heavy atom. The summed E-state index contributed by atoms with van der Waals surface area (Å²) in [6.45, 7) is 8.94. The van der Waals surface area contributed by atoms with Crippen molar-refractivity contribution in [3.8, 4) is 0 Å². The zero-order valence-corrected chi connectivity index (χ0v) is 47.5. The molecule has 12 amide bonds. The summed E-state index contributed by atoms with van der Waals surface area (Å²) in [5, 5.41) is 25.1. The van der Waals surface area contributed by atoms with Gasteiger partial charge in [0, 0.05) is 37.7 Å². The molecule has 4 aliphatic rings. The van der Waals surface area contributed by atoms with Crippen LogP contribution in [0.4, 0.5) is 0 Å². The van der Waals surface area contributed by atoms with Crippen LogP contribution in [0.15, 0.2) is 21.4 Å². The van der Waals surface area contributed by atoms with Crippen LogP contribution in [0, 0.1) is 11.8 Å². The minimum absolute atomic E-state index is 0.0591. The molecule has 10 N–H and O–H groups in total. The third-order valence-corrected chi connectivity index (χ3v) is 16.3. The zero-order valence-electron chi connectivity index (χ0n) is 45.9. The Kier molecular flexibility index (Phi) is 22.5. The molecule has 0 saturated carbocycles. The number of rotatable bonds is 13. The van der Waals surface area contributed by atoms with Gasteiger partial charge in [0.05, 0.1) is 12.1 Å².